The van der Waals surface area contributed by atoms with Gasteiger partial charge in [-0.2, -0.15) is 4.31 Å². The molecule has 0 aromatic heterocycles. The number of sulfonamides is 1. The Morgan fingerprint density at radius 2 is 1.74 bits per heavy atom. The van der Waals surface area contributed by atoms with Crippen LogP contribution in [0.25, 0.3) is 0 Å². The normalized spacial score (nSPS) is 15.5. The van der Waals surface area contributed by atoms with Gasteiger partial charge in [0.15, 0.2) is 0 Å². The van der Waals surface area contributed by atoms with Crippen LogP contribution in [0.15, 0.2) is 41.3 Å². The molecule has 1 aliphatic rings. The molecular formula is C20H23FN2O3S. The van der Waals surface area contributed by atoms with Gasteiger partial charge in [0, 0.05) is 18.7 Å². The van der Waals surface area contributed by atoms with Crippen LogP contribution >= 0.6 is 0 Å². The average molecular weight is 390 g/mol. The lowest BCUT2D eigenvalue weighted by atomic mass is 10.1. The summed E-state index contributed by atoms with van der Waals surface area (Å²) in [6.45, 7) is 4.46. The van der Waals surface area contributed by atoms with Gasteiger partial charge in [0.1, 0.15) is 5.82 Å². The van der Waals surface area contributed by atoms with E-state index in [-0.39, 0.29) is 16.1 Å². The van der Waals surface area contributed by atoms with Crippen molar-refractivity contribution >= 4 is 21.6 Å². The number of nitrogens with one attached hydrogen (secondary N) is 1. The van der Waals surface area contributed by atoms with Gasteiger partial charge in [0.25, 0.3) is 5.91 Å². The number of aryl methyl sites for hydroxylation is 2. The molecule has 1 fully saturated rings. The van der Waals surface area contributed by atoms with Gasteiger partial charge in [-0.05, 0) is 62.1 Å². The molecule has 0 saturated carbocycles. The van der Waals surface area contributed by atoms with Gasteiger partial charge >= 0.3 is 0 Å². The van der Waals surface area contributed by atoms with Crippen LogP contribution in [0.5, 0.6) is 0 Å². The van der Waals surface area contributed by atoms with Crippen molar-refractivity contribution in [2.24, 2.45) is 0 Å². The second-order valence-electron chi connectivity index (χ2n) is 6.88. The fourth-order valence-corrected chi connectivity index (χ4v) is 4.72. The molecule has 5 nitrogen and oxygen atoms in total. The largest absolute Gasteiger partial charge is 0.319 e. The molecule has 1 amide bonds. The minimum Gasteiger partial charge on any atom is -0.319 e. The summed E-state index contributed by atoms with van der Waals surface area (Å²) < 4.78 is 41.2. The molecule has 1 aliphatic heterocycles. The van der Waals surface area contributed by atoms with Crippen LogP contribution in [0.2, 0.25) is 0 Å². The van der Waals surface area contributed by atoms with Crippen molar-refractivity contribution in [2.45, 2.75) is 38.0 Å². The standard InChI is InChI=1S/C20H23FN2O3S/c1-14-6-9-19(18(21)12-14)22-20(24)17-13-16(8-7-15(17)2)27(25,26)23-10-4-3-5-11-23/h6-9,12-13H,3-5,10-11H2,1-2H3,(H,22,24). The van der Waals surface area contributed by atoms with Crippen LogP contribution < -0.4 is 5.32 Å². The Bertz CT molecular complexity index is 967. The quantitative estimate of drug-likeness (QED) is 0.862. The summed E-state index contributed by atoms with van der Waals surface area (Å²) in [5.41, 5.74) is 1.65. The molecule has 0 radical (unpaired) electrons. The minimum absolute atomic E-state index is 0.0642. The van der Waals surface area contributed by atoms with Crippen LogP contribution in [0.1, 0.15) is 40.7 Å². The Labute approximate surface area is 159 Å². The molecule has 27 heavy (non-hydrogen) atoms. The van der Waals surface area contributed by atoms with Gasteiger partial charge in [-0.15, -0.1) is 0 Å². The number of piperidine rings is 1. The Kier molecular flexibility index (Phi) is 5.62. The van der Waals surface area contributed by atoms with Crippen LogP contribution in [-0.2, 0) is 10.0 Å². The predicted octanol–water partition coefficient (Wildman–Crippen LogP) is 3.87. The van der Waals surface area contributed by atoms with Gasteiger partial charge in [-0.25, -0.2) is 12.8 Å². The molecule has 1 N–H and O–H groups in total. The lowest BCUT2D eigenvalue weighted by molar-refractivity contribution is 0.102. The summed E-state index contributed by atoms with van der Waals surface area (Å²) in [6, 6.07) is 9.02. The number of hydrogen-bond donors (Lipinski definition) is 1. The first-order chi connectivity index (χ1) is 12.8. The van der Waals surface area contributed by atoms with Crippen LogP contribution in [0.4, 0.5) is 10.1 Å². The fraction of sp³-hybridized carbons (Fsp3) is 0.350. The van der Waals surface area contributed by atoms with Crippen LogP contribution in [-0.4, -0.2) is 31.7 Å². The lowest BCUT2D eigenvalue weighted by Gasteiger charge is -2.26. The number of hydrogen-bond acceptors (Lipinski definition) is 3. The molecule has 7 heteroatoms. The zero-order valence-electron chi connectivity index (χ0n) is 15.5. The Morgan fingerprint density at radius 1 is 1.04 bits per heavy atom. The maximum Gasteiger partial charge on any atom is 0.256 e. The van der Waals surface area contributed by atoms with E-state index in [4.69, 9.17) is 0 Å². The van der Waals surface area contributed by atoms with Gasteiger partial charge in [0.05, 0.1) is 10.6 Å². The zero-order chi connectivity index (χ0) is 19.6. The Hall–Kier alpha value is -2.25. The van der Waals surface area contributed by atoms with Crippen LogP contribution in [0, 0.1) is 19.7 Å². The molecular weight excluding hydrogens is 367 g/mol. The maximum absolute atomic E-state index is 14.0. The fourth-order valence-electron chi connectivity index (χ4n) is 3.17. The van der Waals surface area contributed by atoms with E-state index in [0.717, 1.165) is 24.8 Å². The second-order valence-corrected chi connectivity index (χ2v) is 8.82. The number of halogens is 1. The van der Waals surface area contributed by atoms with E-state index >= 15 is 0 Å². The maximum atomic E-state index is 14.0. The van der Waals surface area contributed by atoms with Crippen molar-refractivity contribution < 1.29 is 17.6 Å². The van der Waals surface area contributed by atoms with E-state index < -0.39 is 21.7 Å². The number of rotatable bonds is 4. The number of benzene rings is 2. The predicted molar refractivity (Wildman–Crippen MR) is 103 cm³/mol. The molecule has 0 unspecified atom stereocenters. The highest BCUT2D eigenvalue weighted by Crippen LogP contribution is 2.24. The Balaban J connectivity index is 1.89. The van der Waals surface area contributed by atoms with E-state index in [0.29, 0.717) is 18.7 Å². The summed E-state index contributed by atoms with van der Waals surface area (Å²) in [5, 5.41) is 2.53. The molecule has 3 rings (SSSR count). The summed E-state index contributed by atoms with van der Waals surface area (Å²) >= 11 is 0. The van der Waals surface area contributed by atoms with Gasteiger partial charge in [-0.3, -0.25) is 4.79 Å². The molecule has 2 aromatic rings. The summed E-state index contributed by atoms with van der Waals surface area (Å²) in [7, 11) is -3.64. The molecule has 0 atom stereocenters. The molecule has 0 spiro atoms. The third-order valence-corrected chi connectivity index (χ3v) is 6.67. The zero-order valence-corrected chi connectivity index (χ0v) is 16.3. The van der Waals surface area contributed by atoms with Crippen molar-refractivity contribution in [3.8, 4) is 0 Å². The van der Waals surface area contributed by atoms with E-state index in [2.05, 4.69) is 5.32 Å². The second kappa shape index (κ2) is 7.78. The molecule has 2 aromatic carbocycles. The molecule has 0 bridgehead atoms. The highest BCUT2D eigenvalue weighted by molar-refractivity contribution is 7.89. The molecule has 144 valence electrons. The SMILES string of the molecule is Cc1ccc(NC(=O)c2cc(S(=O)(=O)N3CCCCC3)ccc2C)c(F)c1. The summed E-state index contributed by atoms with van der Waals surface area (Å²) in [6.07, 6.45) is 2.70. The van der Waals surface area contributed by atoms with Gasteiger partial charge < -0.3 is 5.32 Å². The topological polar surface area (TPSA) is 66.5 Å². The highest BCUT2D eigenvalue weighted by Gasteiger charge is 2.27. The van der Waals surface area contributed by atoms with E-state index in [1.54, 1.807) is 26.0 Å². The molecule has 1 saturated heterocycles. The number of amides is 1. The minimum atomic E-state index is -3.64. The third kappa shape index (κ3) is 4.20. The monoisotopic (exact) mass is 390 g/mol. The number of anilines is 1. The summed E-state index contributed by atoms with van der Waals surface area (Å²) in [4.78, 5) is 12.7. The summed E-state index contributed by atoms with van der Waals surface area (Å²) in [5.74, 6) is -1.07. The van der Waals surface area contributed by atoms with Crippen LogP contribution in [0.3, 0.4) is 0 Å². The number of carbonyl (C=O) groups is 1. The number of carbonyl (C=O) groups excluding carboxylic acids is 1. The van der Waals surface area contributed by atoms with E-state index in [1.807, 2.05) is 0 Å². The van der Waals surface area contributed by atoms with E-state index in [1.165, 1.54) is 28.6 Å². The third-order valence-electron chi connectivity index (χ3n) is 4.78. The first-order valence-electron chi connectivity index (χ1n) is 8.97. The van der Waals surface area contributed by atoms with Gasteiger partial charge in [0.2, 0.25) is 10.0 Å². The van der Waals surface area contributed by atoms with Crippen molar-refractivity contribution in [1.82, 2.24) is 4.31 Å². The molecule has 1 heterocycles. The lowest BCUT2D eigenvalue weighted by Crippen LogP contribution is -2.35. The van der Waals surface area contributed by atoms with Crippen molar-refractivity contribution in [1.29, 1.82) is 0 Å². The molecule has 0 aliphatic carbocycles. The van der Waals surface area contributed by atoms with Crippen molar-refractivity contribution in [3.63, 3.8) is 0 Å². The highest BCUT2D eigenvalue weighted by atomic mass is 32.2. The Morgan fingerprint density at radius 3 is 2.41 bits per heavy atom. The van der Waals surface area contributed by atoms with Crippen molar-refractivity contribution in [2.75, 3.05) is 18.4 Å². The first-order valence-corrected chi connectivity index (χ1v) is 10.4. The van der Waals surface area contributed by atoms with E-state index in [9.17, 15) is 17.6 Å². The smallest absolute Gasteiger partial charge is 0.256 e. The van der Waals surface area contributed by atoms with Crippen molar-refractivity contribution in [3.05, 3.63) is 58.9 Å². The number of nitrogens with zero attached hydrogens (tertiary/aromatic N) is 1. The average Bonchev–Trinajstić information content (AvgIpc) is 2.65. The van der Waals surface area contributed by atoms with Gasteiger partial charge in [-0.1, -0.05) is 18.6 Å². The first kappa shape index (κ1) is 19.5.